The lowest BCUT2D eigenvalue weighted by molar-refractivity contribution is 0.0476. The zero-order valence-electron chi connectivity index (χ0n) is 14.1. The lowest BCUT2D eigenvalue weighted by Crippen LogP contribution is -2.36. The average molecular weight is 380 g/mol. The smallest absolute Gasteiger partial charge is 0.338 e. The SMILES string of the molecule is Cc1ccc(C(=O)OCc2cccs2)cc1S(=O)(=O)N1CCCCC1. The summed E-state index contributed by atoms with van der Waals surface area (Å²) >= 11 is 1.51. The van der Waals surface area contributed by atoms with Crippen molar-refractivity contribution in [3.8, 4) is 0 Å². The van der Waals surface area contributed by atoms with E-state index < -0.39 is 16.0 Å². The Morgan fingerprint density at radius 2 is 1.96 bits per heavy atom. The summed E-state index contributed by atoms with van der Waals surface area (Å²) in [7, 11) is -3.58. The highest BCUT2D eigenvalue weighted by Gasteiger charge is 2.28. The fourth-order valence-electron chi connectivity index (χ4n) is 2.86. The minimum atomic E-state index is -3.58. The Bertz CT molecular complexity index is 838. The van der Waals surface area contributed by atoms with Gasteiger partial charge in [-0.15, -0.1) is 11.3 Å². The number of piperidine rings is 1. The van der Waals surface area contributed by atoms with E-state index in [1.165, 1.54) is 21.7 Å². The molecule has 0 spiro atoms. The van der Waals surface area contributed by atoms with Crippen molar-refractivity contribution in [3.05, 3.63) is 51.7 Å². The number of ether oxygens (including phenoxy) is 1. The number of thiophene rings is 1. The summed E-state index contributed by atoms with van der Waals surface area (Å²) in [6.45, 7) is 3.01. The predicted octanol–water partition coefficient (Wildman–Crippen LogP) is 3.59. The highest BCUT2D eigenvalue weighted by Crippen LogP contribution is 2.25. The molecule has 1 saturated heterocycles. The summed E-state index contributed by atoms with van der Waals surface area (Å²) in [6.07, 6.45) is 2.81. The van der Waals surface area contributed by atoms with Crippen molar-refractivity contribution in [2.24, 2.45) is 0 Å². The van der Waals surface area contributed by atoms with Gasteiger partial charge in [0.2, 0.25) is 10.0 Å². The average Bonchev–Trinajstić information content (AvgIpc) is 3.14. The number of carbonyl (C=O) groups is 1. The van der Waals surface area contributed by atoms with Crippen LogP contribution in [0.3, 0.4) is 0 Å². The minimum Gasteiger partial charge on any atom is -0.456 e. The molecule has 2 aromatic rings. The number of esters is 1. The van der Waals surface area contributed by atoms with E-state index in [2.05, 4.69) is 0 Å². The summed E-state index contributed by atoms with van der Waals surface area (Å²) in [4.78, 5) is 13.4. The monoisotopic (exact) mass is 379 g/mol. The standard InChI is InChI=1S/C18H21NO4S2/c1-14-7-8-15(18(20)23-13-16-6-5-11-24-16)12-17(14)25(21,22)19-9-3-2-4-10-19/h5-8,11-12H,2-4,9-10,13H2,1H3. The van der Waals surface area contributed by atoms with Gasteiger partial charge in [0.15, 0.2) is 0 Å². The largest absolute Gasteiger partial charge is 0.456 e. The molecular weight excluding hydrogens is 358 g/mol. The van der Waals surface area contributed by atoms with Crippen LogP contribution in [0.1, 0.15) is 40.1 Å². The number of aryl methyl sites for hydroxylation is 1. The van der Waals surface area contributed by atoms with Gasteiger partial charge in [0.25, 0.3) is 0 Å². The van der Waals surface area contributed by atoms with Gasteiger partial charge in [-0.2, -0.15) is 4.31 Å². The van der Waals surface area contributed by atoms with Crippen molar-refractivity contribution in [2.45, 2.75) is 37.7 Å². The molecule has 25 heavy (non-hydrogen) atoms. The molecule has 0 aliphatic carbocycles. The fraction of sp³-hybridized carbons (Fsp3) is 0.389. The van der Waals surface area contributed by atoms with Crippen molar-refractivity contribution in [1.82, 2.24) is 4.31 Å². The number of sulfonamides is 1. The minimum absolute atomic E-state index is 0.193. The Morgan fingerprint density at radius 1 is 1.20 bits per heavy atom. The predicted molar refractivity (Wildman–Crippen MR) is 97.2 cm³/mol. The molecule has 0 unspecified atom stereocenters. The molecule has 0 amide bonds. The molecule has 134 valence electrons. The van der Waals surface area contributed by atoms with Gasteiger partial charge in [0.05, 0.1) is 10.5 Å². The van der Waals surface area contributed by atoms with Crippen LogP contribution >= 0.6 is 11.3 Å². The van der Waals surface area contributed by atoms with Crippen LogP contribution < -0.4 is 0 Å². The third kappa shape index (κ3) is 4.11. The second-order valence-electron chi connectivity index (χ2n) is 6.10. The normalized spacial score (nSPS) is 15.9. The number of carbonyl (C=O) groups excluding carboxylic acids is 1. The molecule has 0 atom stereocenters. The topological polar surface area (TPSA) is 63.7 Å². The van der Waals surface area contributed by atoms with Crippen LogP contribution in [0.4, 0.5) is 0 Å². The highest BCUT2D eigenvalue weighted by molar-refractivity contribution is 7.89. The molecule has 0 saturated carbocycles. The van der Waals surface area contributed by atoms with Gasteiger partial charge >= 0.3 is 5.97 Å². The van der Waals surface area contributed by atoms with Gasteiger partial charge < -0.3 is 4.74 Å². The second kappa shape index (κ2) is 7.68. The van der Waals surface area contributed by atoms with E-state index in [-0.39, 0.29) is 17.1 Å². The van der Waals surface area contributed by atoms with E-state index in [0.717, 1.165) is 24.1 Å². The van der Waals surface area contributed by atoms with E-state index in [1.54, 1.807) is 19.1 Å². The zero-order valence-corrected chi connectivity index (χ0v) is 15.7. The van der Waals surface area contributed by atoms with E-state index >= 15 is 0 Å². The van der Waals surface area contributed by atoms with E-state index in [9.17, 15) is 13.2 Å². The lowest BCUT2D eigenvalue weighted by atomic mass is 10.1. The molecule has 1 aromatic heterocycles. The summed E-state index contributed by atoms with van der Waals surface area (Å²) in [5.74, 6) is -0.511. The first kappa shape index (κ1) is 18.1. The number of hydrogen-bond acceptors (Lipinski definition) is 5. The van der Waals surface area contributed by atoms with Crippen LogP contribution in [-0.2, 0) is 21.4 Å². The van der Waals surface area contributed by atoms with E-state index in [1.807, 2.05) is 17.5 Å². The van der Waals surface area contributed by atoms with E-state index in [0.29, 0.717) is 18.7 Å². The Balaban J connectivity index is 1.81. The first-order valence-electron chi connectivity index (χ1n) is 8.29. The summed E-state index contributed by atoms with van der Waals surface area (Å²) in [5, 5.41) is 1.92. The van der Waals surface area contributed by atoms with Gasteiger partial charge in [0, 0.05) is 18.0 Å². The van der Waals surface area contributed by atoms with Crippen LogP contribution in [0.15, 0.2) is 40.6 Å². The zero-order chi connectivity index (χ0) is 17.9. The third-order valence-corrected chi connectivity index (χ3v) is 7.17. The molecule has 7 heteroatoms. The van der Waals surface area contributed by atoms with Crippen LogP contribution in [0, 0.1) is 6.92 Å². The lowest BCUT2D eigenvalue weighted by Gasteiger charge is -2.26. The quantitative estimate of drug-likeness (QED) is 0.745. The molecule has 0 N–H and O–H groups in total. The van der Waals surface area contributed by atoms with Gasteiger partial charge in [-0.25, -0.2) is 13.2 Å². The first-order valence-corrected chi connectivity index (χ1v) is 10.6. The third-order valence-electron chi connectivity index (χ3n) is 4.28. The number of rotatable bonds is 5. The number of benzene rings is 1. The molecule has 3 rings (SSSR count). The van der Waals surface area contributed by atoms with E-state index in [4.69, 9.17) is 4.74 Å². The van der Waals surface area contributed by atoms with Crippen molar-refractivity contribution in [3.63, 3.8) is 0 Å². The Morgan fingerprint density at radius 3 is 2.64 bits per heavy atom. The molecule has 0 bridgehead atoms. The first-order chi connectivity index (χ1) is 12.0. The van der Waals surface area contributed by atoms with Gasteiger partial charge in [0.1, 0.15) is 6.61 Å². The highest BCUT2D eigenvalue weighted by atomic mass is 32.2. The molecule has 1 aliphatic heterocycles. The van der Waals surface area contributed by atoms with Crippen molar-refractivity contribution < 1.29 is 17.9 Å². The van der Waals surface area contributed by atoms with Gasteiger partial charge in [-0.05, 0) is 48.9 Å². The maximum absolute atomic E-state index is 12.9. The molecule has 2 heterocycles. The summed E-state index contributed by atoms with van der Waals surface area (Å²) < 4.78 is 32.6. The van der Waals surface area contributed by atoms with Crippen LogP contribution in [-0.4, -0.2) is 31.8 Å². The molecule has 0 radical (unpaired) electrons. The Labute approximate surface area is 152 Å². The van der Waals surface area contributed by atoms with Gasteiger partial charge in [-0.1, -0.05) is 18.6 Å². The van der Waals surface area contributed by atoms with Crippen molar-refractivity contribution in [1.29, 1.82) is 0 Å². The second-order valence-corrected chi connectivity index (χ2v) is 9.04. The maximum Gasteiger partial charge on any atom is 0.338 e. The fourth-order valence-corrected chi connectivity index (χ4v) is 5.25. The maximum atomic E-state index is 12.9. The summed E-state index contributed by atoms with van der Waals surface area (Å²) in [5.41, 5.74) is 0.901. The number of hydrogen-bond donors (Lipinski definition) is 0. The molecular formula is C18H21NO4S2. The van der Waals surface area contributed by atoms with Crippen LogP contribution in [0.25, 0.3) is 0 Å². The van der Waals surface area contributed by atoms with Crippen molar-refractivity contribution >= 4 is 27.3 Å². The molecule has 1 fully saturated rings. The molecule has 5 nitrogen and oxygen atoms in total. The Hall–Kier alpha value is -1.70. The number of nitrogens with zero attached hydrogens (tertiary/aromatic N) is 1. The van der Waals surface area contributed by atoms with Crippen LogP contribution in [0.5, 0.6) is 0 Å². The summed E-state index contributed by atoms with van der Waals surface area (Å²) in [6, 6.07) is 8.50. The Kier molecular flexibility index (Phi) is 5.56. The van der Waals surface area contributed by atoms with Crippen molar-refractivity contribution in [2.75, 3.05) is 13.1 Å². The molecule has 1 aromatic carbocycles. The molecule has 1 aliphatic rings. The van der Waals surface area contributed by atoms with Crippen LogP contribution in [0.2, 0.25) is 0 Å². The van der Waals surface area contributed by atoms with Gasteiger partial charge in [-0.3, -0.25) is 0 Å².